The Balaban J connectivity index is 2.77. The Morgan fingerprint density at radius 3 is 2.31 bits per heavy atom. The van der Waals surface area contributed by atoms with Crippen LogP contribution in [-0.2, 0) is 8.85 Å². The molecule has 0 spiro atoms. The standard InChI is InChI=1S/C12H27NO2Si/c1-6-11(3)13-16(14-4,15-5)12-9-7-8-10(12)2/h10-13H,6-9H2,1-5H3. The van der Waals surface area contributed by atoms with E-state index in [0.717, 1.165) is 12.3 Å². The molecule has 0 amide bonds. The first-order valence-electron chi connectivity index (χ1n) is 6.47. The van der Waals surface area contributed by atoms with E-state index in [1.165, 1.54) is 19.3 Å². The lowest BCUT2D eigenvalue weighted by Crippen LogP contribution is -2.61. The summed E-state index contributed by atoms with van der Waals surface area (Å²) >= 11 is 0. The van der Waals surface area contributed by atoms with Gasteiger partial charge in [0.05, 0.1) is 0 Å². The lowest BCUT2D eigenvalue weighted by Gasteiger charge is -2.37. The molecule has 96 valence electrons. The third-order valence-corrected chi connectivity index (χ3v) is 7.96. The van der Waals surface area contributed by atoms with Crippen molar-refractivity contribution in [1.82, 2.24) is 4.98 Å². The first-order valence-corrected chi connectivity index (χ1v) is 8.37. The summed E-state index contributed by atoms with van der Waals surface area (Å²) < 4.78 is 11.6. The summed E-state index contributed by atoms with van der Waals surface area (Å²) in [6.45, 7) is 6.73. The van der Waals surface area contributed by atoms with E-state index in [2.05, 4.69) is 25.8 Å². The summed E-state index contributed by atoms with van der Waals surface area (Å²) in [5.74, 6) is 0.725. The predicted octanol–water partition coefficient (Wildman–Crippen LogP) is 2.80. The molecule has 0 aromatic rings. The van der Waals surface area contributed by atoms with Crippen LogP contribution in [-0.4, -0.2) is 29.0 Å². The molecule has 0 aromatic carbocycles. The molecule has 3 nitrogen and oxygen atoms in total. The fourth-order valence-corrected chi connectivity index (χ4v) is 6.38. The summed E-state index contributed by atoms with van der Waals surface area (Å²) in [4.78, 5) is 3.65. The molecule has 0 aromatic heterocycles. The minimum absolute atomic E-state index is 0.472. The highest BCUT2D eigenvalue weighted by molar-refractivity contribution is 6.66. The fourth-order valence-electron chi connectivity index (χ4n) is 2.77. The largest absolute Gasteiger partial charge is 0.428 e. The average molecular weight is 245 g/mol. The molecule has 0 bridgehead atoms. The van der Waals surface area contributed by atoms with E-state index in [1.54, 1.807) is 14.2 Å². The van der Waals surface area contributed by atoms with Gasteiger partial charge >= 0.3 is 8.72 Å². The molecular weight excluding hydrogens is 218 g/mol. The van der Waals surface area contributed by atoms with Crippen LogP contribution in [0.15, 0.2) is 0 Å². The van der Waals surface area contributed by atoms with Gasteiger partial charge in [-0.2, -0.15) is 0 Å². The molecule has 1 fully saturated rings. The van der Waals surface area contributed by atoms with Crippen molar-refractivity contribution >= 4 is 8.72 Å². The van der Waals surface area contributed by atoms with Crippen LogP contribution < -0.4 is 4.98 Å². The maximum absolute atomic E-state index is 5.82. The van der Waals surface area contributed by atoms with Gasteiger partial charge < -0.3 is 8.85 Å². The first kappa shape index (κ1) is 14.2. The molecule has 1 N–H and O–H groups in total. The molecule has 0 aliphatic heterocycles. The van der Waals surface area contributed by atoms with Crippen molar-refractivity contribution in [3.63, 3.8) is 0 Å². The van der Waals surface area contributed by atoms with Crippen LogP contribution in [0.1, 0.15) is 46.5 Å². The third-order valence-electron chi connectivity index (χ3n) is 4.02. The van der Waals surface area contributed by atoms with Crippen LogP contribution in [0.4, 0.5) is 0 Å². The predicted molar refractivity (Wildman–Crippen MR) is 69.4 cm³/mol. The van der Waals surface area contributed by atoms with Gasteiger partial charge in [-0.25, -0.2) is 0 Å². The highest BCUT2D eigenvalue weighted by Crippen LogP contribution is 2.42. The second-order valence-electron chi connectivity index (χ2n) is 5.04. The van der Waals surface area contributed by atoms with Gasteiger partial charge in [0, 0.05) is 25.8 Å². The molecule has 3 unspecified atom stereocenters. The molecule has 1 saturated carbocycles. The van der Waals surface area contributed by atoms with E-state index in [-0.39, 0.29) is 0 Å². The SMILES string of the molecule is CCC(C)N[Si](OC)(OC)C1CCCC1C. The van der Waals surface area contributed by atoms with Gasteiger partial charge in [0.2, 0.25) is 0 Å². The molecule has 4 heteroatoms. The van der Waals surface area contributed by atoms with Gasteiger partial charge in [0.25, 0.3) is 0 Å². The van der Waals surface area contributed by atoms with Crippen LogP contribution in [0.25, 0.3) is 0 Å². The van der Waals surface area contributed by atoms with Gasteiger partial charge in [-0.3, -0.25) is 4.98 Å². The molecule has 3 atom stereocenters. The normalized spacial score (nSPS) is 28.3. The summed E-state index contributed by atoms with van der Waals surface area (Å²) in [5, 5.41) is 0. The smallest absolute Gasteiger partial charge is 0.386 e. The maximum Gasteiger partial charge on any atom is 0.428 e. The van der Waals surface area contributed by atoms with Crippen molar-refractivity contribution < 1.29 is 8.85 Å². The molecule has 16 heavy (non-hydrogen) atoms. The Hall–Kier alpha value is 0.0969. The highest BCUT2D eigenvalue weighted by Gasteiger charge is 2.50. The molecule has 1 aliphatic rings. The van der Waals surface area contributed by atoms with Crippen LogP contribution in [0.2, 0.25) is 5.54 Å². The van der Waals surface area contributed by atoms with Crippen molar-refractivity contribution in [2.75, 3.05) is 14.2 Å². The Labute approximate surface area is 101 Å². The summed E-state index contributed by atoms with van der Waals surface area (Å²) in [7, 11) is 1.40. The van der Waals surface area contributed by atoms with Crippen molar-refractivity contribution in [2.24, 2.45) is 5.92 Å². The lowest BCUT2D eigenvalue weighted by molar-refractivity contribution is 0.200. The lowest BCUT2D eigenvalue weighted by atomic mass is 10.1. The monoisotopic (exact) mass is 245 g/mol. The maximum atomic E-state index is 5.82. The summed E-state index contributed by atoms with van der Waals surface area (Å²) in [6.07, 6.45) is 4.99. The topological polar surface area (TPSA) is 30.5 Å². The van der Waals surface area contributed by atoms with E-state index < -0.39 is 8.72 Å². The number of hydrogen-bond acceptors (Lipinski definition) is 3. The quantitative estimate of drug-likeness (QED) is 0.730. The first-order chi connectivity index (χ1) is 7.59. The van der Waals surface area contributed by atoms with E-state index in [1.807, 2.05) is 0 Å². The van der Waals surface area contributed by atoms with Gasteiger partial charge in [-0.1, -0.05) is 33.6 Å². The Morgan fingerprint density at radius 2 is 1.94 bits per heavy atom. The molecule has 0 radical (unpaired) electrons. The summed E-state index contributed by atoms with van der Waals surface area (Å²) in [5.41, 5.74) is 0.594. The Bertz CT molecular complexity index is 209. The third kappa shape index (κ3) is 2.86. The number of nitrogens with one attached hydrogen (secondary N) is 1. The Kier molecular flexibility index (Phi) is 5.44. The van der Waals surface area contributed by atoms with Gasteiger partial charge in [0.1, 0.15) is 0 Å². The minimum Gasteiger partial charge on any atom is -0.386 e. The van der Waals surface area contributed by atoms with Crippen molar-refractivity contribution in [1.29, 1.82) is 0 Å². The average Bonchev–Trinajstić information content (AvgIpc) is 2.73. The van der Waals surface area contributed by atoms with Crippen LogP contribution in [0.5, 0.6) is 0 Å². The van der Waals surface area contributed by atoms with E-state index in [4.69, 9.17) is 8.85 Å². The van der Waals surface area contributed by atoms with Gasteiger partial charge in [-0.15, -0.1) is 0 Å². The van der Waals surface area contributed by atoms with Crippen molar-refractivity contribution in [2.45, 2.75) is 58.0 Å². The zero-order chi connectivity index (χ0) is 12.2. The minimum atomic E-state index is -2.21. The fraction of sp³-hybridized carbons (Fsp3) is 1.00. The van der Waals surface area contributed by atoms with E-state index >= 15 is 0 Å². The molecule has 0 saturated heterocycles. The zero-order valence-electron chi connectivity index (χ0n) is 11.4. The Morgan fingerprint density at radius 1 is 1.31 bits per heavy atom. The number of hydrogen-bond donors (Lipinski definition) is 1. The van der Waals surface area contributed by atoms with Gasteiger partial charge in [0.15, 0.2) is 0 Å². The van der Waals surface area contributed by atoms with Crippen LogP contribution in [0, 0.1) is 5.92 Å². The molecular formula is C12H27NO2Si. The van der Waals surface area contributed by atoms with Crippen LogP contribution >= 0.6 is 0 Å². The second kappa shape index (κ2) is 6.14. The molecule has 1 aliphatic carbocycles. The summed E-state index contributed by atoms with van der Waals surface area (Å²) in [6, 6.07) is 0.472. The number of rotatable bonds is 6. The van der Waals surface area contributed by atoms with Gasteiger partial charge in [-0.05, 0) is 18.8 Å². The second-order valence-corrected chi connectivity index (χ2v) is 8.23. The van der Waals surface area contributed by atoms with E-state index in [0.29, 0.717) is 11.6 Å². The van der Waals surface area contributed by atoms with Crippen LogP contribution in [0.3, 0.4) is 0 Å². The van der Waals surface area contributed by atoms with Crippen molar-refractivity contribution in [3.8, 4) is 0 Å². The molecule has 1 rings (SSSR count). The highest BCUT2D eigenvalue weighted by atomic mass is 28.4. The van der Waals surface area contributed by atoms with E-state index in [9.17, 15) is 0 Å². The van der Waals surface area contributed by atoms with Crippen molar-refractivity contribution in [3.05, 3.63) is 0 Å². The molecule has 0 heterocycles. The zero-order valence-corrected chi connectivity index (χ0v) is 12.4.